The summed E-state index contributed by atoms with van der Waals surface area (Å²) in [5, 5.41) is 4.19. The number of sulfone groups is 1. The summed E-state index contributed by atoms with van der Waals surface area (Å²) in [6.07, 6.45) is 1.79. The molecule has 16 heavy (non-hydrogen) atoms. The Labute approximate surface area is 118 Å². The standard InChI is InChI=1S/C9H14BrIN2O2S/c1-9(2,3)16(14,15)5-4-13-6-7(10)8(11)12-13/h6H,4-5H2,1-3H3. The highest BCUT2D eigenvalue weighted by atomic mass is 127. The highest BCUT2D eigenvalue weighted by Gasteiger charge is 2.28. The van der Waals surface area contributed by atoms with Crippen LogP contribution in [0.1, 0.15) is 20.8 Å². The second kappa shape index (κ2) is 4.93. The average Bonchev–Trinajstić information content (AvgIpc) is 2.41. The molecule has 0 radical (unpaired) electrons. The van der Waals surface area contributed by atoms with Crippen molar-refractivity contribution in [3.8, 4) is 0 Å². The fraction of sp³-hybridized carbons (Fsp3) is 0.667. The SMILES string of the molecule is CC(C)(C)S(=O)(=O)CCn1cc(Br)c(I)n1. The first-order chi connectivity index (χ1) is 7.13. The van der Waals surface area contributed by atoms with Crippen LogP contribution in [0.5, 0.6) is 0 Å². The zero-order valence-electron chi connectivity index (χ0n) is 9.37. The third kappa shape index (κ3) is 3.43. The van der Waals surface area contributed by atoms with Crippen molar-refractivity contribution in [1.82, 2.24) is 9.78 Å². The van der Waals surface area contributed by atoms with Gasteiger partial charge >= 0.3 is 0 Å². The van der Waals surface area contributed by atoms with Crippen LogP contribution in [0.2, 0.25) is 0 Å². The molecule has 1 aromatic rings. The Morgan fingerprint density at radius 3 is 2.44 bits per heavy atom. The summed E-state index contributed by atoms with van der Waals surface area (Å²) in [7, 11) is -3.08. The van der Waals surface area contributed by atoms with E-state index in [1.54, 1.807) is 31.6 Å². The van der Waals surface area contributed by atoms with Crippen molar-refractivity contribution < 1.29 is 8.42 Å². The Balaban J connectivity index is 2.73. The molecule has 0 bridgehead atoms. The lowest BCUT2D eigenvalue weighted by Crippen LogP contribution is -2.32. The molecule has 0 aromatic carbocycles. The van der Waals surface area contributed by atoms with Crippen molar-refractivity contribution >= 4 is 48.4 Å². The van der Waals surface area contributed by atoms with Crippen molar-refractivity contribution in [1.29, 1.82) is 0 Å². The summed E-state index contributed by atoms with van der Waals surface area (Å²) >= 11 is 5.43. The van der Waals surface area contributed by atoms with E-state index >= 15 is 0 Å². The Hall–Kier alpha value is 0.370. The van der Waals surface area contributed by atoms with Crippen molar-refractivity contribution in [3.63, 3.8) is 0 Å². The predicted octanol–water partition coefficient (Wildman–Crippen LogP) is 2.46. The van der Waals surface area contributed by atoms with E-state index in [4.69, 9.17) is 0 Å². The molecular weight excluding hydrogens is 407 g/mol. The highest BCUT2D eigenvalue weighted by Crippen LogP contribution is 2.18. The van der Waals surface area contributed by atoms with Gasteiger partial charge in [0.2, 0.25) is 0 Å². The molecule has 0 N–H and O–H groups in total. The van der Waals surface area contributed by atoms with Crippen LogP contribution in [-0.4, -0.2) is 28.7 Å². The third-order valence-corrected chi connectivity index (χ3v) is 6.90. The fourth-order valence-electron chi connectivity index (χ4n) is 1.01. The molecule has 0 amide bonds. The lowest BCUT2D eigenvalue weighted by molar-refractivity contribution is 0.548. The van der Waals surface area contributed by atoms with Crippen molar-refractivity contribution in [2.24, 2.45) is 0 Å². The molecule has 0 aliphatic carbocycles. The molecule has 0 aliphatic rings. The largest absolute Gasteiger partial charge is 0.269 e. The Bertz CT molecular complexity index is 457. The molecule has 0 saturated carbocycles. The molecule has 1 aromatic heterocycles. The molecule has 1 rings (SSSR count). The van der Waals surface area contributed by atoms with Gasteiger partial charge in [-0.2, -0.15) is 5.10 Å². The molecule has 0 aliphatic heterocycles. The van der Waals surface area contributed by atoms with Gasteiger partial charge in [0.1, 0.15) is 3.70 Å². The van der Waals surface area contributed by atoms with Gasteiger partial charge in [-0.15, -0.1) is 0 Å². The topological polar surface area (TPSA) is 52.0 Å². The van der Waals surface area contributed by atoms with E-state index in [1.165, 1.54) is 0 Å². The minimum Gasteiger partial charge on any atom is -0.269 e. The summed E-state index contributed by atoms with van der Waals surface area (Å²) < 4.78 is 26.4. The summed E-state index contributed by atoms with van der Waals surface area (Å²) in [5.41, 5.74) is 0. The third-order valence-electron chi connectivity index (χ3n) is 2.20. The quantitative estimate of drug-likeness (QED) is 0.705. The molecule has 0 saturated heterocycles. The summed E-state index contributed by atoms with van der Waals surface area (Å²) in [6, 6.07) is 0. The first-order valence-corrected chi connectivity index (χ1v) is 8.26. The zero-order chi connectivity index (χ0) is 12.6. The van der Waals surface area contributed by atoms with Gasteiger partial charge in [0.05, 0.1) is 21.5 Å². The van der Waals surface area contributed by atoms with Gasteiger partial charge in [0.25, 0.3) is 0 Å². The van der Waals surface area contributed by atoms with E-state index < -0.39 is 14.6 Å². The Morgan fingerprint density at radius 2 is 2.06 bits per heavy atom. The van der Waals surface area contributed by atoms with E-state index in [1.807, 2.05) is 0 Å². The molecule has 1 heterocycles. The maximum absolute atomic E-state index is 11.9. The van der Waals surface area contributed by atoms with Gasteiger partial charge in [-0.05, 0) is 59.3 Å². The second-order valence-electron chi connectivity index (χ2n) is 4.46. The van der Waals surface area contributed by atoms with Crippen molar-refractivity contribution in [3.05, 3.63) is 14.4 Å². The summed E-state index contributed by atoms with van der Waals surface area (Å²) in [4.78, 5) is 0. The van der Waals surface area contributed by atoms with Gasteiger partial charge in [-0.1, -0.05) is 0 Å². The number of rotatable bonds is 3. The molecule has 7 heteroatoms. The van der Waals surface area contributed by atoms with Gasteiger partial charge in [-0.3, -0.25) is 4.68 Å². The molecule has 0 spiro atoms. The van der Waals surface area contributed by atoms with Gasteiger partial charge < -0.3 is 0 Å². The molecule has 4 nitrogen and oxygen atoms in total. The molecular formula is C9H14BrIN2O2S. The zero-order valence-corrected chi connectivity index (χ0v) is 13.9. The number of hydrogen-bond donors (Lipinski definition) is 0. The molecule has 0 atom stereocenters. The van der Waals surface area contributed by atoms with Crippen LogP contribution in [0.4, 0.5) is 0 Å². The van der Waals surface area contributed by atoms with Gasteiger partial charge in [0, 0.05) is 6.20 Å². The number of nitrogens with zero attached hydrogens (tertiary/aromatic N) is 2. The Kier molecular flexibility index (Phi) is 4.45. The van der Waals surface area contributed by atoms with E-state index in [9.17, 15) is 8.42 Å². The van der Waals surface area contributed by atoms with Crippen molar-refractivity contribution in [2.75, 3.05) is 5.75 Å². The van der Waals surface area contributed by atoms with E-state index in [-0.39, 0.29) is 5.75 Å². The Morgan fingerprint density at radius 1 is 1.50 bits per heavy atom. The number of aryl methyl sites for hydroxylation is 1. The van der Waals surface area contributed by atoms with Crippen LogP contribution in [0.15, 0.2) is 10.7 Å². The monoisotopic (exact) mass is 420 g/mol. The average molecular weight is 421 g/mol. The first kappa shape index (κ1) is 14.4. The minimum absolute atomic E-state index is 0.112. The van der Waals surface area contributed by atoms with Gasteiger partial charge in [0.15, 0.2) is 9.84 Å². The first-order valence-electron chi connectivity index (χ1n) is 4.74. The van der Waals surface area contributed by atoms with Crippen LogP contribution in [-0.2, 0) is 16.4 Å². The number of halogens is 2. The second-order valence-corrected chi connectivity index (χ2v) is 9.20. The van der Waals surface area contributed by atoms with Crippen molar-refractivity contribution in [2.45, 2.75) is 32.1 Å². The normalized spacial score (nSPS) is 13.1. The molecule has 92 valence electrons. The number of hydrogen-bond acceptors (Lipinski definition) is 3. The highest BCUT2D eigenvalue weighted by molar-refractivity contribution is 14.1. The van der Waals surface area contributed by atoms with E-state index in [0.717, 1.165) is 8.17 Å². The van der Waals surface area contributed by atoms with E-state index in [0.29, 0.717) is 6.54 Å². The van der Waals surface area contributed by atoms with Crippen LogP contribution in [0, 0.1) is 3.70 Å². The lowest BCUT2D eigenvalue weighted by Gasteiger charge is -2.18. The molecule has 0 fully saturated rings. The predicted molar refractivity (Wildman–Crippen MR) is 76.2 cm³/mol. The van der Waals surface area contributed by atoms with Crippen LogP contribution < -0.4 is 0 Å². The van der Waals surface area contributed by atoms with Crippen LogP contribution >= 0.6 is 38.5 Å². The van der Waals surface area contributed by atoms with Crippen LogP contribution in [0.3, 0.4) is 0 Å². The summed E-state index contributed by atoms with van der Waals surface area (Å²) in [6.45, 7) is 5.53. The summed E-state index contributed by atoms with van der Waals surface area (Å²) in [5.74, 6) is 0.112. The minimum atomic E-state index is -3.08. The van der Waals surface area contributed by atoms with Gasteiger partial charge in [-0.25, -0.2) is 8.42 Å². The lowest BCUT2D eigenvalue weighted by atomic mass is 10.3. The fourth-order valence-corrected chi connectivity index (χ4v) is 2.78. The maximum Gasteiger partial charge on any atom is 0.157 e. The van der Waals surface area contributed by atoms with E-state index in [2.05, 4.69) is 43.6 Å². The number of aromatic nitrogens is 2. The van der Waals surface area contributed by atoms with Crippen LogP contribution in [0.25, 0.3) is 0 Å². The molecule has 0 unspecified atom stereocenters. The smallest absolute Gasteiger partial charge is 0.157 e. The maximum atomic E-state index is 11.9.